The lowest BCUT2D eigenvalue weighted by Gasteiger charge is -2.39. The van der Waals surface area contributed by atoms with Crippen molar-refractivity contribution in [2.24, 2.45) is 0 Å². The normalized spacial score (nSPS) is 21.9. The number of ether oxygens (including phenoxy) is 2. The van der Waals surface area contributed by atoms with Crippen LogP contribution in [-0.4, -0.2) is 36.2 Å². The van der Waals surface area contributed by atoms with Crippen molar-refractivity contribution < 1.29 is 14.3 Å². The van der Waals surface area contributed by atoms with Crippen LogP contribution >= 0.6 is 0 Å². The Morgan fingerprint density at radius 3 is 2.74 bits per heavy atom. The maximum Gasteiger partial charge on any atom is 0.257 e. The lowest BCUT2D eigenvalue weighted by molar-refractivity contribution is 0.0423. The predicted octanol–water partition coefficient (Wildman–Crippen LogP) is 4.22. The average Bonchev–Trinajstić information content (AvgIpc) is 3.17. The molecule has 5 heteroatoms. The molecule has 2 heterocycles. The molecule has 27 heavy (non-hydrogen) atoms. The third kappa shape index (κ3) is 3.65. The molecular weight excluding hydrogens is 340 g/mol. The summed E-state index contributed by atoms with van der Waals surface area (Å²) in [6, 6.07) is 15.6. The van der Waals surface area contributed by atoms with Crippen molar-refractivity contribution in [2.45, 2.75) is 45.1 Å². The van der Waals surface area contributed by atoms with Gasteiger partial charge in [0.05, 0.1) is 17.8 Å². The van der Waals surface area contributed by atoms with Crippen LogP contribution in [0.25, 0.3) is 0 Å². The molecule has 1 saturated heterocycles. The molecule has 4 rings (SSSR count). The minimum Gasteiger partial charge on any atom is -0.491 e. The van der Waals surface area contributed by atoms with E-state index < -0.39 is 0 Å². The molecule has 1 amide bonds. The summed E-state index contributed by atoms with van der Waals surface area (Å²) in [6.45, 7) is 5.36. The summed E-state index contributed by atoms with van der Waals surface area (Å²) >= 11 is 0. The van der Waals surface area contributed by atoms with Gasteiger partial charge in [0.15, 0.2) is 0 Å². The second-order valence-electron chi connectivity index (χ2n) is 7.39. The molecule has 2 aliphatic rings. The van der Waals surface area contributed by atoms with Gasteiger partial charge in [0.2, 0.25) is 0 Å². The second kappa shape index (κ2) is 7.61. The van der Waals surface area contributed by atoms with Gasteiger partial charge in [-0.25, -0.2) is 0 Å². The van der Waals surface area contributed by atoms with Crippen LogP contribution < -0.4 is 10.1 Å². The van der Waals surface area contributed by atoms with Crippen LogP contribution in [0.2, 0.25) is 0 Å². The molecule has 2 unspecified atom stereocenters. The van der Waals surface area contributed by atoms with E-state index in [1.807, 2.05) is 67.3 Å². The van der Waals surface area contributed by atoms with Gasteiger partial charge in [-0.2, -0.15) is 0 Å². The van der Waals surface area contributed by atoms with Crippen molar-refractivity contribution in [3.63, 3.8) is 0 Å². The Labute approximate surface area is 160 Å². The Hall–Kier alpha value is -2.53. The Kier molecular flexibility index (Phi) is 5.03. The number of nitrogens with zero attached hydrogens (tertiary/aromatic N) is 1. The number of hydrogen-bond donors (Lipinski definition) is 1. The van der Waals surface area contributed by atoms with E-state index in [0.717, 1.165) is 36.4 Å². The summed E-state index contributed by atoms with van der Waals surface area (Å²) in [4.78, 5) is 15.2. The Bertz CT molecular complexity index is 815. The zero-order chi connectivity index (χ0) is 18.8. The van der Waals surface area contributed by atoms with Gasteiger partial charge >= 0.3 is 0 Å². The lowest BCUT2D eigenvalue weighted by atomic mass is 10.0. The van der Waals surface area contributed by atoms with Crippen LogP contribution in [0, 0.1) is 0 Å². The van der Waals surface area contributed by atoms with Gasteiger partial charge in [-0.05, 0) is 44.9 Å². The van der Waals surface area contributed by atoms with E-state index in [1.54, 1.807) is 0 Å². The second-order valence-corrected chi connectivity index (χ2v) is 7.39. The van der Waals surface area contributed by atoms with Gasteiger partial charge in [-0.15, -0.1) is 0 Å². The average molecular weight is 366 g/mol. The largest absolute Gasteiger partial charge is 0.491 e. The van der Waals surface area contributed by atoms with Gasteiger partial charge in [0, 0.05) is 24.4 Å². The van der Waals surface area contributed by atoms with Crippen molar-refractivity contribution in [1.82, 2.24) is 4.90 Å². The van der Waals surface area contributed by atoms with Gasteiger partial charge in [-0.1, -0.05) is 30.3 Å². The first-order valence-corrected chi connectivity index (χ1v) is 9.67. The number of hydrogen-bond acceptors (Lipinski definition) is 4. The van der Waals surface area contributed by atoms with Crippen LogP contribution in [0.4, 0.5) is 5.69 Å². The Morgan fingerprint density at radius 1 is 1.19 bits per heavy atom. The fraction of sp³-hybridized carbons (Fsp3) is 0.409. The van der Waals surface area contributed by atoms with Crippen molar-refractivity contribution in [3.8, 4) is 5.75 Å². The predicted molar refractivity (Wildman–Crippen MR) is 105 cm³/mol. The van der Waals surface area contributed by atoms with Gasteiger partial charge in [0.25, 0.3) is 5.91 Å². The van der Waals surface area contributed by atoms with E-state index in [2.05, 4.69) is 5.32 Å². The van der Waals surface area contributed by atoms with Crippen LogP contribution in [0.1, 0.15) is 48.8 Å². The number of rotatable bonds is 5. The van der Waals surface area contributed by atoms with E-state index in [0.29, 0.717) is 12.1 Å². The lowest BCUT2D eigenvalue weighted by Crippen LogP contribution is -2.46. The smallest absolute Gasteiger partial charge is 0.257 e. The van der Waals surface area contributed by atoms with Crippen molar-refractivity contribution in [1.29, 1.82) is 0 Å². The van der Waals surface area contributed by atoms with E-state index in [-0.39, 0.29) is 24.3 Å². The Morgan fingerprint density at radius 2 is 1.96 bits per heavy atom. The standard InChI is InChI=1S/C22H26N2O3/c1-15(2)27-20-12-6-4-10-18(20)21-23-19-11-5-3-9-17(19)22(25)24(21)14-16-8-7-13-26-16/h3-6,9-12,15-16,21,23H,7-8,13-14H2,1-2H3. The van der Waals surface area contributed by atoms with E-state index in [4.69, 9.17) is 9.47 Å². The fourth-order valence-electron chi connectivity index (χ4n) is 3.80. The van der Waals surface area contributed by atoms with Gasteiger partial charge in [-0.3, -0.25) is 4.79 Å². The molecule has 0 bridgehead atoms. The first kappa shape index (κ1) is 17.9. The highest BCUT2D eigenvalue weighted by Crippen LogP contribution is 2.37. The molecule has 0 radical (unpaired) electrons. The molecule has 0 aromatic heterocycles. The number of carbonyl (C=O) groups excluding carboxylic acids is 1. The highest BCUT2D eigenvalue weighted by Gasteiger charge is 2.36. The minimum atomic E-state index is -0.286. The maximum atomic E-state index is 13.3. The molecule has 2 aromatic carbocycles. The molecule has 2 aromatic rings. The number of para-hydroxylation sites is 2. The molecule has 1 fully saturated rings. The number of amides is 1. The molecule has 2 aliphatic heterocycles. The minimum absolute atomic E-state index is 0.0317. The maximum absolute atomic E-state index is 13.3. The monoisotopic (exact) mass is 366 g/mol. The number of carbonyl (C=O) groups is 1. The molecule has 142 valence electrons. The summed E-state index contributed by atoms with van der Waals surface area (Å²) in [5, 5.41) is 3.55. The SMILES string of the molecule is CC(C)Oc1ccccc1C1Nc2ccccc2C(=O)N1CC1CCCO1. The molecule has 0 saturated carbocycles. The van der Waals surface area contributed by atoms with Gasteiger partial charge < -0.3 is 19.7 Å². The first-order valence-electron chi connectivity index (χ1n) is 9.67. The van der Waals surface area contributed by atoms with Crippen molar-refractivity contribution >= 4 is 11.6 Å². The van der Waals surface area contributed by atoms with E-state index in [9.17, 15) is 4.79 Å². The molecular formula is C22H26N2O3. The highest BCUT2D eigenvalue weighted by atomic mass is 16.5. The summed E-state index contributed by atoms with van der Waals surface area (Å²) < 4.78 is 11.8. The summed E-state index contributed by atoms with van der Waals surface area (Å²) in [5.74, 6) is 0.832. The molecule has 2 atom stereocenters. The molecule has 0 aliphatic carbocycles. The molecule has 5 nitrogen and oxygen atoms in total. The van der Waals surface area contributed by atoms with Crippen LogP contribution in [0.5, 0.6) is 5.75 Å². The van der Waals surface area contributed by atoms with Crippen molar-refractivity contribution in [2.75, 3.05) is 18.5 Å². The zero-order valence-electron chi connectivity index (χ0n) is 15.9. The van der Waals surface area contributed by atoms with Crippen LogP contribution in [0.15, 0.2) is 48.5 Å². The van der Waals surface area contributed by atoms with E-state index in [1.165, 1.54) is 0 Å². The van der Waals surface area contributed by atoms with Crippen LogP contribution in [-0.2, 0) is 4.74 Å². The van der Waals surface area contributed by atoms with Gasteiger partial charge in [0.1, 0.15) is 11.9 Å². The third-order valence-electron chi connectivity index (χ3n) is 5.02. The number of anilines is 1. The Balaban J connectivity index is 1.73. The number of benzene rings is 2. The summed E-state index contributed by atoms with van der Waals surface area (Å²) in [7, 11) is 0. The summed E-state index contributed by atoms with van der Waals surface area (Å²) in [6.07, 6.45) is 1.90. The third-order valence-corrected chi connectivity index (χ3v) is 5.02. The number of nitrogens with one attached hydrogen (secondary N) is 1. The molecule has 0 spiro atoms. The highest BCUT2D eigenvalue weighted by molar-refractivity contribution is 6.01. The topological polar surface area (TPSA) is 50.8 Å². The van der Waals surface area contributed by atoms with E-state index >= 15 is 0 Å². The van der Waals surface area contributed by atoms with Crippen molar-refractivity contribution in [3.05, 3.63) is 59.7 Å². The van der Waals surface area contributed by atoms with Crippen LogP contribution in [0.3, 0.4) is 0 Å². The summed E-state index contributed by atoms with van der Waals surface area (Å²) in [5.41, 5.74) is 2.52. The molecule has 1 N–H and O–H groups in total. The number of fused-ring (bicyclic) bond motifs is 1. The zero-order valence-corrected chi connectivity index (χ0v) is 15.9. The fourth-order valence-corrected chi connectivity index (χ4v) is 3.80. The quantitative estimate of drug-likeness (QED) is 0.861. The first-order chi connectivity index (χ1) is 13.1.